The number of nitrogens with one attached hydrogen (secondary N) is 1. The van der Waals surface area contributed by atoms with Crippen LogP contribution < -0.4 is 10.1 Å². The molecule has 174 valence electrons. The van der Waals surface area contributed by atoms with Gasteiger partial charge in [-0.25, -0.2) is 4.79 Å². The molecule has 2 aromatic rings. The van der Waals surface area contributed by atoms with E-state index >= 15 is 0 Å². The fourth-order valence-electron chi connectivity index (χ4n) is 2.96. The summed E-state index contributed by atoms with van der Waals surface area (Å²) < 4.78 is 49.1. The number of carbonyl (C=O) groups excluding carboxylic acids is 1. The first-order valence-corrected chi connectivity index (χ1v) is 9.90. The zero-order valence-electron chi connectivity index (χ0n) is 18.0. The number of carboxylic acids is 1. The summed E-state index contributed by atoms with van der Waals surface area (Å²) in [5.74, 6) is -1.06. The molecule has 0 aliphatic carbocycles. The van der Waals surface area contributed by atoms with Crippen LogP contribution in [0.4, 0.5) is 13.2 Å². The van der Waals surface area contributed by atoms with Gasteiger partial charge < -0.3 is 19.9 Å². The van der Waals surface area contributed by atoms with Crippen molar-refractivity contribution in [3.63, 3.8) is 0 Å². The number of amides is 1. The smallest absolute Gasteiger partial charge is 0.416 e. The normalized spacial score (nSPS) is 12.8. The Bertz CT molecular complexity index is 926. The Morgan fingerprint density at radius 1 is 1.06 bits per heavy atom. The van der Waals surface area contributed by atoms with Gasteiger partial charge in [0.15, 0.2) is 11.7 Å². The number of benzene rings is 2. The van der Waals surface area contributed by atoms with Gasteiger partial charge in [-0.05, 0) is 49.6 Å². The van der Waals surface area contributed by atoms with Gasteiger partial charge in [-0.3, -0.25) is 4.79 Å². The van der Waals surface area contributed by atoms with E-state index in [1.165, 1.54) is 13.2 Å². The fraction of sp³-hybridized carbons (Fsp3) is 0.391. The van der Waals surface area contributed by atoms with Gasteiger partial charge in [-0.15, -0.1) is 0 Å². The van der Waals surface area contributed by atoms with E-state index in [9.17, 15) is 22.8 Å². The molecule has 0 saturated heterocycles. The maximum absolute atomic E-state index is 12.8. The highest BCUT2D eigenvalue weighted by atomic mass is 19.4. The number of ether oxygens (including phenoxy) is 2. The summed E-state index contributed by atoms with van der Waals surface area (Å²) in [6.45, 7) is 3.30. The van der Waals surface area contributed by atoms with Crippen LogP contribution in [0.2, 0.25) is 0 Å². The third-order valence-electron chi connectivity index (χ3n) is 4.78. The molecule has 0 fully saturated rings. The Kier molecular flexibility index (Phi) is 8.26. The van der Waals surface area contributed by atoms with Crippen LogP contribution in [0.1, 0.15) is 30.5 Å². The van der Waals surface area contributed by atoms with E-state index < -0.39 is 35.3 Å². The minimum Gasteiger partial charge on any atom is -0.479 e. The van der Waals surface area contributed by atoms with Gasteiger partial charge in [0.25, 0.3) is 5.91 Å². The Hall–Kier alpha value is -3.07. The van der Waals surface area contributed by atoms with E-state index in [0.717, 1.165) is 17.7 Å². The topological polar surface area (TPSA) is 84.9 Å². The standard InChI is InChI=1S/C23H26F3NO5/c1-22(2,32-18-9-7-16(8-10-18)14-19(31-3)20(28)29)21(30)27-12-11-15-5-4-6-17(13-15)23(24,25)26/h4-10,13,19H,11-12,14H2,1-3H3,(H,27,30)(H,28,29). The molecule has 0 bridgehead atoms. The number of hydrogen-bond acceptors (Lipinski definition) is 4. The first-order chi connectivity index (χ1) is 14.9. The van der Waals surface area contributed by atoms with Crippen LogP contribution in [-0.2, 0) is 33.3 Å². The van der Waals surface area contributed by atoms with E-state index in [4.69, 9.17) is 14.6 Å². The quantitative estimate of drug-likeness (QED) is 0.571. The lowest BCUT2D eigenvalue weighted by molar-refractivity contribution is -0.148. The van der Waals surface area contributed by atoms with E-state index in [-0.39, 0.29) is 19.4 Å². The molecule has 1 unspecified atom stereocenters. The molecule has 1 atom stereocenters. The van der Waals surface area contributed by atoms with Crippen molar-refractivity contribution in [1.82, 2.24) is 5.32 Å². The summed E-state index contributed by atoms with van der Waals surface area (Å²) in [6.07, 6.45) is -4.94. The van der Waals surface area contributed by atoms with Crippen molar-refractivity contribution in [3.8, 4) is 5.75 Å². The lowest BCUT2D eigenvalue weighted by Gasteiger charge is -2.25. The molecule has 0 saturated carbocycles. The van der Waals surface area contributed by atoms with Gasteiger partial charge >= 0.3 is 12.1 Å². The average molecular weight is 453 g/mol. The summed E-state index contributed by atoms with van der Waals surface area (Å²) in [5, 5.41) is 11.7. The number of hydrogen-bond donors (Lipinski definition) is 2. The van der Waals surface area contributed by atoms with Crippen LogP contribution >= 0.6 is 0 Å². The molecule has 0 heterocycles. The van der Waals surface area contributed by atoms with Crippen LogP contribution in [0.15, 0.2) is 48.5 Å². The molecule has 0 aliphatic rings. The summed E-state index contributed by atoms with van der Waals surface area (Å²) in [7, 11) is 1.32. The van der Waals surface area contributed by atoms with Crippen molar-refractivity contribution >= 4 is 11.9 Å². The van der Waals surface area contributed by atoms with Gasteiger partial charge in [-0.2, -0.15) is 13.2 Å². The van der Waals surface area contributed by atoms with Gasteiger partial charge in [-0.1, -0.05) is 30.3 Å². The molecule has 0 aromatic heterocycles. The number of halogens is 3. The maximum atomic E-state index is 12.8. The Balaban J connectivity index is 1.90. The van der Waals surface area contributed by atoms with Crippen molar-refractivity contribution in [1.29, 1.82) is 0 Å². The molecule has 2 rings (SSSR count). The summed E-state index contributed by atoms with van der Waals surface area (Å²) in [5.41, 5.74) is -0.764. The largest absolute Gasteiger partial charge is 0.479 e. The zero-order valence-corrected chi connectivity index (χ0v) is 18.0. The molecular formula is C23H26F3NO5. The summed E-state index contributed by atoms with van der Waals surface area (Å²) in [4.78, 5) is 23.6. The van der Waals surface area contributed by atoms with E-state index in [1.54, 1.807) is 44.2 Å². The highest BCUT2D eigenvalue weighted by Crippen LogP contribution is 2.29. The van der Waals surface area contributed by atoms with Crippen LogP contribution in [0.25, 0.3) is 0 Å². The zero-order chi connectivity index (χ0) is 23.9. The minimum atomic E-state index is -4.41. The van der Waals surface area contributed by atoms with Crippen molar-refractivity contribution in [2.24, 2.45) is 0 Å². The molecule has 32 heavy (non-hydrogen) atoms. The number of methoxy groups -OCH3 is 1. The summed E-state index contributed by atoms with van der Waals surface area (Å²) >= 11 is 0. The van der Waals surface area contributed by atoms with E-state index in [2.05, 4.69) is 5.32 Å². The number of rotatable bonds is 10. The van der Waals surface area contributed by atoms with Crippen molar-refractivity contribution in [2.45, 2.75) is 44.6 Å². The first kappa shape index (κ1) is 25.2. The highest BCUT2D eigenvalue weighted by molar-refractivity contribution is 5.84. The minimum absolute atomic E-state index is 0.152. The lowest BCUT2D eigenvalue weighted by Crippen LogP contribution is -2.47. The maximum Gasteiger partial charge on any atom is 0.416 e. The molecule has 9 heteroatoms. The fourth-order valence-corrected chi connectivity index (χ4v) is 2.96. The Labute approximate surface area is 184 Å². The van der Waals surface area contributed by atoms with E-state index in [0.29, 0.717) is 11.3 Å². The second kappa shape index (κ2) is 10.5. The third-order valence-corrected chi connectivity index (χ3v) is 4.78. The molecule has 0 radical (unpaired) electrons. The second-order valence-corrected chi connectivity index (χ2v) is 7.73. The van der Waals surface area contributed by atoms with Crippen molar-refractivity contribution in [3.05, 3.63) is 65.2 Å². The molecule has 1 amide bonds. The predicted molar refractivity (Wildman–Crippen MR) is 111 cm³/mol. The molecular weight excluding hydrogens is 427 g/mol. The Morgan fingerprint density at radius 3 is 2.28 bits per heavy atom. The van der Waals surface area contributed by atoms with Crippen LogP contribution in [-0.4, -0.2) is 42.3 Å². The first-order valence-electron chi connectivity index (χ1n) is 9.90. The lowest BCUT2D eigenvalue weighted by atomic mass is 10.1. The van der Waals surface area contributed by atoms with Crippen molar-refractivity contribution < 1.29 is 37.3 Å². The third kappa shape index (κ3) is 7.26. The molecule has 0 spiro atoms. The predicted octanol–water partition coefficient (Wildman–Crippen LogP) is 3.86. The van der Waals surface area contributed by atoms with Gasteiger partial charge in [0.2, 0.25) is 0 Å². The van der Waals surface area contributed by atoms with Gasteiger partial charge in [0.1, 0.15) is 5.75 Å². The van der Waals surface area contributed by atoms with Gasteiger partial charge in [0.05, 0.1) is 5.56 Å². The van der Waals surface area contributed by atoms with Crippen molar-refractivity contribution in [2.75, 3.05) is 13.7 Å². The molecule has 6 nitrogen and oxygen atoms in total. The molecule has 2 aromatic carbocycles. The van der Waals surface area contributed by atoms with Gasteiger partial charge in [0, 0.05) is 20.1 Å². The SMILES string of the molecule is COC(Cc1ccc(OC(C)(C)C(=O)NCCc2cccc(C(F)(F)F)c2)cc1)C(=O)O. The highest BCUT2D eigenvalue weighted by Gasteiger charge is 2.31. The second-order valence-electron chi connectivity index (χ2n) is 7.73. The number of carboxylic acid groups (broad SMARTS) is 1. The van der Waals surface area contributed by atoms with E-state index in [1.807, 2.05) is 0 Å². The van der Waals surface area contributed by atoms with Crippen LogP contribution in [0, 0.1) is 0 Å². The molecule has 0 aliphatic heterocycles. The number of alkyl halides is 3. The molecule has 2 N–H and O–H groups in total. The monoisotopic (exact) mass is 453 g/mol. The Morgan fingerprint density at radius 2 is 1.72 bits per heavy atom. The number of carbonyl (C=O) groups is 2. The summed E-state index contributed by atoms with van der Waals surface area (Å²) in [6, 6.07) is 11.6. The van der Waals surface area contributed by atoms with Crippen LogP contribution in [0.5, 0.6) is 5.75 Å². The van der Waals surface area contributed by atoms with Crippen LogP contribution in [0.3, 0.4) is 0 Å². The number of aliphatic carboxylic acids is 1. The average Bonchev–Trinajstić information content (AvgIpc) is 2.72.